The van der Waals surface area contributed by atoms with Gasteiger partial charge in [-0.15, -0.1) is 11.6 Å². The van der Waals surface area contributed by atoms with E-state index in [0.29, 0.717) is 6.54 Å². The highest BCUT2D eigenvalue weighted by Crippen LogP contribution is 2.34. The topological polar surface area (TPSA) is 66.8 Å². The lowest BCUT2D eigenvalue weighted by Crippen LogP contribution is -2.25. The number of methoxy groups -OCH3 is 1. The van der Waals surface area contributed by atoms with Crippen molar-refractivity contribution in [2.45, 2.75) is 11.8 Å². The zero-order valence-corrected chi connectivity index (χ0v) is 10.5. The molecule has 1 aliphatic rings. The number of phenolic OH excluding ortho intramolecular Hbond substituents is 1. The molecule has 1 amide bonds. The van der Waals surface area contributed by atoms with Gasteiger partial charge in [-0.3, -0.25) is 4.79 Å². The summed E-state index contributed by atoms with van der Waals surface area (Å²) >= 11 is 5.90. The first-order valence-corrected chi connectivity index (χ1v) is 5.83. The van der Waals surface area contributed by atoms with E-state index in [9.17, 15) is 14.7 Å². The van der Waals surface area contributed by atoms with Crippen LogP contribution in [0.25, 0.3) is 0 Å². The van der Waals surface area contributed by atoms with Crippen molar-refractivity contribution in [1.29, 1.82) is 0 Å². The van der Waals surface area contributed by atoms with Crippen LogP contribution in [0.4, 0.5) is 5.69 Å². The van der Waals surface area contributed by atoms with Crippen molar-refractivity contribution in [2.24, 2.45) is 0 Å². The summed E-state index contributed by atoms with van der Waals surface area (Å²) in [4.78, 5) is 24.5. The Kier molecular flexibility index (Phi) is 3.43. The van der Waals surface area contributed by atoms with Crippen LogP contribution >= 0.6 is 11.6 Å². The third-order valence-corrected chi connectivity index (χ3v) is 3.08. The fourth-order valence-electron chi connectivity index (χ4n) is 1.92. The van der Waals surface area contributed by atoms with Crippen molar-refractivity contribution < 1.29 is 19.4 Å². The molecule has 0 radical (unpaired) electrons. The molecular formula is C12H12ClNO4. The van der Waals surface area contributed by atoms with Crippen LogP contribution in [0.5, 0.6) is 5.75 Å². The molecular weight excluding hydrogens is 258 g/mol. The predicted octanol–water partition coefficient (Wildman–Crippen LogP) is 1.52. The average Bonchev–Trinajstić information content (AvgIpc) is 2.68. The number of carbonyl (C=O) groups is 2. The molecule has 5 nitrogen and oxygen atoms in total. The van der Waals surface area contributed by atoms with Gasteiger partial charge < -0.3 is 14.7 Å². The van der Waals surface area contributed by atoms with Gasteiger partial charge in [0, 0.05) is 13.0 Å². The van der Waals surface area contributed by atoms with Gasteiger partial charge in [0.25, 0.3) is 0 Å². The number of halogens is 1. The third kappa shape index (κ3) is 2.13. The minimum absolute atomic E-state index is 0.0285. The lowest BCUT2D eigenvalue weighted by atomic mass is 10.1. The molecule has 1 atom stereocenters. The van der Waals surface area contributed by atoms with Crippen LogP contribution in [0, 0.1) is 0 Å². The van der Waals surface area contributed by atoms with Crippen LogP contribution in [0.3, 0.4) is 0 Å². The van der Waals surface area contributed by atoms with E-state index in [1.807, 2.05) is 0 Å². The molecule has 1 unspecified atom stereocenters. The van der Waals surface area contributed by atoms with Crippen LogP contribution in [0.1, 0.15) is 16.8 Å². The highest BCUT2D eigenvalue weighted by atomic mass is 35.5. The summed E-state index contributed by atoms with van der Waals surface area (Å²) < 4.78 is 4.55. The van der Waals surface area contributed by atoms with E-state index in [1.165, 1.54) is 18.1 Å². The first-order chi connectivity index (χ1) is 8.54. The van der Waals surface area contributed by atoms with E-state index < -0.39 is 5.97 Å². The summed E-state index contributed by atoms with van der Waals surface area (Å²) in [5.74, 6) is -1.08. The molecule has 18 heavy (non-hydrogen) atoms. The molecule has 1 aromatic rings. The number of benzene rings is 1. The monoisotopic (exact) mass is 269 g/mol. The lowest BCUT2D eigenvalue weighted by Gasteiger charge is -2.18. The van der Waals surface area contributed by atoms with Crippen molar-refractivity contribution in [3.63, 3.8) is 0 Å². The largest absolute Gasteiger partial charge is 0.505 e. The summed E-state index contributed by atoms with van der Waals surface area (Å²) in [6.07, 6.45) is 0.226. The Labute approximate surface area is 109 Å². The van der Waals surface area contributed by atoms with Crippen LogP contribution in [0.15, 0.2) is 18.2 Å². The number of phenols is 1. The molecule has 0 bridgehead atoms. The Morgan fingerprint density at radius 3 is 2.83 bits per heavy atom. The fourth-order valence-corrected chi connectivity index (χ4v) is 2.19. The average molecular weight is 270 g/mol. The summed E-state index contributed by atoms with van der Waals surface area (Å²) in [5.41, 5.74) is 0.312. The van der Waals surface area contributed by atoms with Crippen molar-refractivity contribution in [3.8, 4) is 5.75 Å². The van der Waals surface area contributed by atoms with Crippen molar-refractivity contribution >= 4 is 29.2 Å². The second kappa shape index (κ2) is 4.86. The summed E-state index contributed by atoms with van der Waals surface area (Å²) in [7, 11) is 1.23. The highest BCUT2D eigenvalue weighted by molar-refractivity contribution is 6.24. The zero-order valence-electron chi connectivity index (χ0n) is 9.72. The number of amides is 1. The maximum absolute atomic E-state index is 11.7. The summed E-state index contributed by atoms with van der Waals surface area (Å²) in [5, 5.41) is 9.74. The Morgan fingerprint density at radius 1 is 1.56 bits per heavy atom. The van der Waals surface area contributed by atoms with Gasteiger partial charge in [0.1, 0.15) is 5.56 Å². The molecule has 0 spiro atoms. The van der Waals surface area contributed by atoms with Crippen molar-refractivity contribution in [2.75, 3.05) is 18.6 Å². The van der Waals surface area contributed by atoms with Gasteiger partial charge in [-0.2, -0.15) is 0 Å². The first-order valence-electron chi connectivity index (χ1n) is 5.39. The Bertz CT molecular complexity index is 503. The number of anilines is 1. The van der Waals surface area contributed by atoms with E-state index in [0.717, 1.165) is 0 Å². The van der Waals surface area contributed by atoms with E-state index in [-0.39, 0.29) is 34.7 Å². The maximum Gasteiger partial charge on any atom is 0.341 e. The van der Waals surface area contributed by atoms with Crippen LogP contribution in [0.2, 0.25) is 0 Å². The molecule has 1 aromatic carbocycles. The predicted molar refractivity (Wildman–Crippen MR) is 66.1 cm³/mol. The summed E-state index contributed by atoms with van der Waals surface area (Å²) in [6, 6.07) is 4.58. The number of rotatable bonds is 2. The molecule has 1 heterocycles. The summed E-state index contributed by atoms with van der Waals surface area (Å²) in [6.45, 7) is 0.318. The second-order valence-corrected chi connectivity index (χ2v) is 4.59. The molecule has 1 fully saturated rings. The van der Waals surface area contributed by atoms with Gasteiger partial charge >= 0.3 is 5.97 Å². The maximum atomic E-state index is 11.7. The van der Waals surface area contributed by atoms with Crippen molar-refractivity contribution in [1.82, 2.24) is 0 Å². The molecule has 1 saturated heterocycles. The van der Waals surface area contributed by atoms with Crippen LogP contribution in [-0.2, 0) is 9.53 Å². The van der Waals surface area contributed by atoms with E-state index in [2.05, 4.69) is 4.74 Å². The number of hydrogen-bond donors (Lipinski definition) is 1. The molecule has 0 saturated carbocycles. The molecule has 96 valence electrons. The number of ether oxygens (including phenoxy) is 1. The van der Waals surface area contributed by atoms with Gasteiger partial charge in [0.2, 0.25) is 5.91 Å². The molecule has 1 aliphatic heterocycles. The van der Waals surface area contributed by atoms with E-state index >= 15 is 0 Å². The van der Waals surface area contributed by atoms with E-state index in [1.54, 1.807) is 12.1 Å². The number of alkyl halides is 1. The number of nitrogens with zero attached hydrogens (tertiary/aromatic N) is 1. The van der Waals surface area contributed by atoms with E-state index in [4.69, 9.17) is 11.6 Å². The standard InChI is InChI=1S/C12H12ClNO4/c1-18-12(17)8-3-2-4-9(11(8)16)14-6-7(13)5-10(14)15/h2-4,7,16H,5-6H2,1H3. The number of esters is 1. The minimum atomic E-state index is -0.650. The van der Waals surface area contributed by atoms with Gasteiger partial charge in [-0.25, -0.2) is 4.79 Å². The number of aromatic hydroxyl groups is 1. The molecule has 2 rings (SSSR count). The fraction of sp³-hybridized carbons (Fsp3) is 0.333. The number of hydrogen-bond acceptors (Lipinski definition) is 4. The molecule has 0 aliphatic carbocycles. The van der Waals surface area contributed by atoms with Crippen LogP contribution in [-0.4, -0.2) is 36.0 Å². The third-order valence-electron chi connectivity index (χ3n) is 2.79. The highest BCUT2D eigenvalue weighted by Gasteiger charge is 2.31. The van der Waals surface area contributed by atoms with Gasteiger partial charge in [0.05, 0.1) is 18.2 Å². The van der Waals surface area contributed by atoms with Gasteiger partial charge in [-0.1, -0.05) is 6.07 Å². The number of para-hydroxylation sites is 1. The Morgan fingerprint density at radius 2 is 2.28 bits per heavy atom. The second-order valence-electron chi connectivity index (χ2n) is 3.97. The number of carbonyl (C=O) groups excluding carboxylic acids is 2. The minimum Gasteiger partial charge on any atom is -0.505 e. The smallest absolute Gasteiger partial charge is 0.341 e. The Balaban J connectivity index is 2.40. The molecule has 0 aromatic heterocycles. The first kappa shape index (κ1) is 12.7. The SMILES string of the molecule is COC(=O)c1cccc(N2CC(Cl)CC2=O)c1O. The van der Waals surface area contributed by atoms with Gasteiger partial charge in [0.15, 0.2) is 5.75 Å². The zero-order chi connectivity index (χ0) is 13.3. The quantitative estimate of drug-likeness (QED) is 0.653. The van der Waals surface area contributed by atoms with Gasteiger partial charge in [-0.05, 0) is 12.1 Å². The normalized spacial score (nSPS) is 19.1. The lowest BCUT2D eigenvalue weighted by molar-refractivity contribution is -0.117. The Hall–Kier alpha value is -1.75. The van der Waals surface area contributed by atoms with Crippen molar-refractivity contribution in [3.05, 3.63) is 23.8 Å². The van der Waals surface area contributed by atoms with Crippen LogP contribution < -0.4 is 4.90 Å². The molecule has 6 heteroatoms. The molecule has 1 N–H and O–H groups in total.